The smallest absolute Gasteiger partial charge is 0.240 e. The van der Waals surface area contributed by atoms with Crippen molar-refractivity contribution in [2.24, 2.45) is 0 Å². The molecule has 0 saturated carbocycles. The van der Waals surface area contributed by atoms with Crippen LogP contribution in [0.5, 0.6) is 0 Å². The van der Waals surface area contributed by atoms with E-state index < -0.39 is 20.8 Å². The second-order valence-electron chi connectivity index (χ2n) is 3.71. The lowest BCUT2D eigenvalue weighted by molar-refractivity contribution is 0.580. The van der Waals surface area contributed by atoms with Gasteiger partial charge in [-0.1, -0.05) is 0 Å². The molecule has 0 aromatic heterocycles. The van der Waals surface area contributed by atoms with Crippen molar-refractivity contribution in [3.63, 3.8) is 0 Å². The van der Waals surface area contributed by atoms with Gasteiger partial charge in [-0.15, -0.1) is 0 Å². The summed E-state index contributed by atoms with van der Waals surface area (Å²) in [6, 6.07) is 4.45. The van der Waals surface area contributed by atoms with Crippen LogP contribution < -0.4 is 10.5 Å². The molecule has 1 rings (SSSR count). The van der Waals surface area contributed by atoms with Gasteiger partial charge in [0.15, 0.2) is 0 Å². The van der Waals surface area contributed by atoms with E-state index in [1.165, 1.54) is 12.1 Å². The number of benzene rings is 1. The maximum atomic E-state index is 11.9. The zero-order valence-corrected chi connectivity index (χ0v) is 13.1. The van der Waals surface area contributed by atoms with Crippen LogP contribution in [0, 0.1) is 0 Å². The lowest BCUT2D eigenvalue weighted by Gasteiger charge is -2.07. The lowest BCUT2D eigenvalue weighted by atomic mass is 10.3. The normalized spacial score (nSPS) is 13.4. The number of hydrogen-bond acceptors (Lipinski definition) is 4. The highest BCUT2D eigenvalue weighted by Crippen LogP contribution is 2.22. The number of nitrogens with two attached hydrogens (primary N) is 1. The van der Waals surface area contributed by atoms with Crippen LogP contribution >= 0.6 is 15.9 Å². The average Bonchev–Trinajstić information content (AvgIpc) is 2.28. The van der Waals surface area contributed by atoms with E-state index in [2.05, 4.69) is 20.7 Å². The van der Waals surface area contributed by atoms with Crippen molar-refractivity contribution in [1.82, 2.24) is 4.72 Å². The molecule has 1 atom stereocenters. The van der Waals surface area contributed by atoms with Crippen LogP contribution in [0.25, 0.3) is 0 Å². The first-order chi connectivity index (χ1) is 8.33. The first-order valence-electron chi connectivity index (χ1n) is 5.17. The van der Waals surface area contributed by atoms with E-state index in [1.54, 1.807) is 12.3 Å². The largest absolute Gasteiger partial charge is 0.398 e. The van der Waals surface area contributed by atoms with Gasteiger partial charge in [0.05, 0.1) is 4.90 Å². The molecule has 0 aliphatic carbocycles. The Hall–Kier alpha value is -0.440. The molecular weight excluding hydrogens is 340 g/mol. The fraction of sp³-hybridized carbons (Fsp3) is 0.400. The number of sulfonamides is 1. The van der Waals surface area contributed by atoms with E-state index in [9.17, 15) is 12.6 Å². The van der Waals surface area contributed by atoms with E-state index in [1.807, 2.05) is 0 Å². The third-order valence-electron chi connectivity index (χ3n) is 2.18. The molecule has 102 valence electrons. The Bertz CT molecular complexity index is 546. The van der Waals surface area contributed by atoms with Gasteiger partial charge in [0.2, 0.25) is 10.0 Å². The van der Waals surface area contributed by atoms with E-state index in [0.717, 1.165) is 0 Å². The van der Waals surface area contributed by atoms with Crippen molar-refractivity contribution in [3.8, 4) is 0 Å². The minimum Gasteiger partial charge on any atom is -0.398 e. The minimum absolute atomic E-state index is 0.126. The molecule has 0 bridgehead atoms. The molecular formula is C10H15BrN2O3S2. The molecule has 0 heterocycles. The summed E-state index contributed by atoms with van der Waals surface area (Å²) in [4.78, 5) is 0.126. The van der Waals surface area contributed by atoms with E-state index >= 15 is 0 Å². The predicted molar refractivity (Wildman–Crippen MR) is 77.3 cm³/mol. The van der Waals surface area contributed by atoms with Gasteiger partial charge in [0.1, 0.15) is 0 Å². The van der Waals surface area contributed by atoms with Gasteiger partial charge < -0.3 is 5.73 Å². The van der Waals surface area contributed by atoms with Crippen LogP contribution in [0.3, 0.4) is 0 Å². The van der Waals surface area contributed by atoms with Crippen molar-refractivity contribution in [3.05, 3.63) is 22.7 Å². The van der Waals surface area contributed by atoms with Gasteiger partial charge in [-0.2, -0.15) is 0 Å². The Labute approximate surface area is 118 Å². The maximum absolute atomic E-state index is 11.9. The highest BCUT2D eigenvalue weighted by Gasteiger charge is 2.14. The van der Waals surface area contributed by atoms with Crippen LogP contribution in [0.1, 0.15) is 6.42 Å². The highest BCUT2D eigenvalue weighted by atomic mass is 79.9. The topological polar surface area (TPSA) is 89.3 Å². The molecule has 0 amide bonds. The Balaban J connectivity index is 2.68. The minimum atomic E-state index is -3.55. The molecule has 1 aromatic rings. The Kier molecular flexibility index (Phi) is 5.77. The SMILES string of the molecule is CS(=O)CCCNS(=O)(=O)c1ccc(Br)c(N)c1. The van der Waals surface area contributed by atoms with Gasteiger partial charge >= 0.3 is 0 Å². The standard InChI is InChI=1S/C10H15BrN2O3S2/c1-17(14)6-2-5-13-18(15,16)8-3-4-9(11)10(12)7-8/h3-4,7,13H,2,5-6,12H2,1H3. The fourth-order valence-corrected chi connectivity index (χ4v) is 3.16. The van der Waals surface area contributed by atoms with Crippen molar-refractivity contribution in [2.45, 2.75) is 11.3 Å². The van der Waals surface area contributed by atoms with Crippen LogP contribution in [0.15, 0.2) is 27.6 Å². The Morgan fingerprint density at radius 2 is 2.11 bits per heavy atom. The molecule has 5 nitrogen and oxygen atoms in total. The lowest BCUT2D eigenvalue weighted by Crippen LogP contribution is -2.25. The monoisotopic (exact) mass is 354 g/mol. The summed E-state index contributed by atoms with van der Waals surface area (Å²) < 4.78 is 37.7. The zero-order valence-electron chi connectivity index (χ0n) is 9.85. The second-order valence-corrected chi connectivity index (χ2v) is 7.89. The first-order valence-corrected chi connectivity index (χ1v) is 9.18. The molecule has 3 N–H and O–H groups in total. The average molecular weight is 355 g/mol. The molecule has 18 heavy (non-hydrogen) atoms. The number of anilines is 1. The number of hydrogen-bond donors (Lipinski definition) is 2. The van der Waals surface area contributed by atoms with Crippen molar-refractivity contribution < 1.29 is 12.6 Å². The number of rotatable bonds is 6. The fourth-order valence-electron chi connectivity index (χ4n) is 1.25. The first kappa shape index (κ1) is 15.6. The summed E-state index contributed by atoms with van der Waals surface area (Å²) in [5, 5.41) is 0. The summed E-state index contributed by atoms with van der Waals surface area (Å²) in [6.07, 6.45) is 2.12. The maximum Gasteiger partial charge on any atom is 0.240 e. The van der Waals surface area contributed by atoms with Crippen LogP contribution in [0.2, 0.25) is 0 Å². The van der Waals surface area contributed by atoms with Crippen molar-refractivity contribution >= 4 is 42.4 Å². The van der Waals surface area contributed by atoms with Gasteiger partial charge in [-0.25, -0.2) is 13.1 Å². The van der Waals surface area contributed by atoms with Gasteiger partial charge in [-0.3, -0.25) is 4.21 Å². The van der Waals surface area contributed by atoms with Crippen molar-refractivity contribution in [2.75, 3.05) is 24.3 Å². The van der Waals surface area contributed by atoms with E-state index in [-0.39, 0.29) is 11.4 Å². The van der Waals surface area contributed by atoms with Crippen LogP contribution in [-0.2, 0) is 20.8 Å². The number of nitrogens with one attached hydrogen (secondary N) is 1. The number of nitrogen functional groups attached to an aromatic ring is 1. The number of halogens is 1. The molecule has 0 spiro atoms. The molecule has 0 aliphatic heterocycles. The Morgan fingerprint density at radius 3 is 2.67 bits per heavy atom. The summed E-state index contributed by atoms with van der Waals surface area (Å²) in [7, 11) is -4.45. The quantitative estimate of drug-likeness (QED) is 0.590. The summed E-state index contributed by atoms with van der Waals surface area (Å²) in [5.41, 5.74) is 6.00. The molecule has 0 saturated heterocycles. The summed E-state index contributed by atoms with van der Waals surface area (Å²) >= 11 is 3.20. The van der Waals surface area contributed by atoms with Gasteiger partial charge in [-0.05, 0) is 40.5 Å². The Morgan fingerprint density at radius 1 is 1.44 bits per heavy atom. The molecule has 0 fully saturated rings. The van der Waals surface area contributed by atoms with E-state index in [0.29, 0.717) is 22.3 Å². The van der Waals surface area contributed by atoms with Gasteiger partial charge in [0.25, 0.3) is 0 Å². The van der Waals surface area contributed by atoms with Crippen LogP contribution in [-0.4, -0.2) is 31.2 Å². The van der Waals surface area contributed by atoms with Gasteiger partial charge in [0, 0.05) is 39.5 Å². The summed E-state index contributed by atoms with van der Waals surface area (Å²) in [6.45, 7) is 0.262. The molecule has 1 aromatic carbocycles. The molecule has 8 heteroatoms. The van der Waals surface area contributed by atoms with E-state index in [4.69, 9.17) is 5.73 Å². The predicted octanol–water partition coefficient (Wildman–Crippen LogP) is 1.08. The third-order valence-corrected chi connectivity index (χ3v) is 5.22. The third kappa shape index (κ3) is 4.68. The van der Waals surface area contributed by atoms with Crippen molar-refractivity contribution in [1.29, 1.82) is 0 Å². The zero-order chi connectivity index (χ0) is 13.8. The summed E-state index contributed by atoms with van der Waals surface area (Å²) in [5.74, 6) is 0.477. The molecule has 0 radical (unpaired) electrons. The van der Waals surface area contributed by atoms with Crippen LogP contribution in [0.4, 0.5) is 5.69 Å². The molecule has 0 aliphatic rings. The highest BCUT2D eigenvalue weighted by molar-refractivity contribution is 9.10. The second kappa shape index (κ2) is 6.65. The molecule has 1 unspecified atom stereocenters.